The van der Waals surface area contributed by atoms with Gasteiger partial charge in [-0.15, -0.1) is 10.2 Å². The molecule has 2 aromatic carbocycles. The number of benzene rings is 2. The second kappa shape index (κ2) is 8.62. The molecular formula is C21H20ClN5O3S. The number of anilines is 1. The lowest BCUT2D eigenvalue weighted by atomic mass is 10.1. The van der Waals surface area contributed by atoms with E-state index < -0.39 is 10.0 Å². The van der Waals surface area contributed by atoms with Crippen molar-refractivity contribution in [2.24, 2.45) is 5.14 Å². The molecule has 0 aliphatic carbocycles. The highest BCUT2D eigenvalue weighted by molar-refractivity contribution is 7.89. The van der Waals surface area contributed by atoms with E-state index in [-0.39, 0.29) is 10.8 Å². The van der Waals surface area contributed by atoms with Crippen LogP contribution in [0, 0.1) is 0 Å². The SMILES string of the molecule is NS(=O)(=O)c1ccc(C(=O)N2CCN(c3ccc(-c4ccccc4Cl)nn3)CC2)cc1. The second-order valence-corrected chi connectivity index (χ2v) is 9.07. The zero-order chi connectivity index (χ0) is 22.0. The Bertz CT molecular complexity index is 1190. The van der Waals surface area contributed by atoms with E-state index in [1.54, 1.807) is 4.90 Å². The maximum atomic E-state index is 12.7. The molecule has 1 fully saturated rings. The minimum atomic E-state index is -3.78. The number of amides is 1. The number of carbonyl (C=O) groups is 1. The summed E-state index contributed by atoms with van der Waals surface area (Å²) >= 11 is 6.22. The standard InChI is InChI=1S/C21H20ClN5O3S/c22-18-4-2-1-3-17(18)19-9-10-20(25-24-19)26-11-13-27(14-12-26)21(28)15-5-7-16(8-6-15)31(23,29)30/h1-10H,11-14H2,(H2,23,29,30). The number of sulfonamides is 1. The van der Waals surface area contributed by atoms with E-state index in [1.807, 2.05) is 36.4 Å². The normalized spacial score (nSPS) is 14.5. The fourth-order valence-electron chi connectivity index (χ4n) is 3.41. The van der Waals surface area contributed by atoms with Gasteiger partial charge in [-0.05, 0) is 42.5 Å². The minimum absolute atomic E-state index is 0.0207. The van der Waals surface area contributed by atoms with Crippen LogP contribution in [0.2, 0.25) is 5.02 Å². The molecule has 0 spiro atoms. The molecule has 4 rings (SSSR count). The highest BCUT2D eigenvalue weighted by Crippen LogP contribution is 2.26. The van der Waals surface area contributed by atoms with Crippen LogP contribution in [-0.2, 0) is 10.0 Å². The van der Waals surface area contributed by atoms with Gasteiger partial charge in [0.15, 0.2) is 5.82 Å². The summed E-state index contributed by atoms with van der Waals surface area (Å²) in [5, 5.41) is 14.3. The minimum Gasteiger partial charge on any atom is -0.352 e. The molecule has 0 bridgehead atoms. The molecule has 0 atom stereocenters. The number of rotatable bonds is 4. The first kappa shape index (κ1) is 21.2. The summed E-state index contributed by atoms with van der Waals surface area (Å²) in [5.74, 6) is 0.584. The summed E-state index contributed by atoms with van der Waals surface area (Å²) in [6.07, 6.45) is 0. The fraction of sp³-hybridized carbons (Fsp3) is 0.190. The van der Waals surface area contributed by atoms with Crippen molar-refractivity contribution in [3.63, 3.8) is 0 Å². The Morgan fingerprint density at radius 2 is 1.58 bits per heavy atom. The molecule has 2 heterocycles. The van der Waals surface area contributed by atoms with Gasteiger partial charge < -0.3 is 9.80 Å². The lowest BCUT2D eigenvalue weighted by Crippen LogP contribution is -2.49. The number of hydrogen-bond acceptors (Lipinski definition) is 6. The predicted octanol–water partition coefficient (Wildman–Crippen LogP) is 2.41. The molecule has 160 valence electrons. The van der Waals surface area contributed by atoms with Crippen molar-refractivity contribution in [2.45, 2.75) is 4.90 Å². The molecule has 0 unspecified atom stereocenters. The Balaban J connectivity index is 1.39. The molecule has 1 saturated heterocycles. The van der Waals surface area contributed by atoms with Crippen LogP contribution in [-0.4, -0.2) is 55.6 Å². The van der Waals surface area contributed by atoms with Crippen LogP contribution >= 0.6 is 11.6 Å². The highest BCUT2D eigenvalue weighted by Gasteiger charge is 2.23. The number of aromatic nitrogens is 2. The van der Waals surface area contributed by atoms with Gasteiger partial charge in [0.2, 0.25) is 10.0 Å². The molecule has 1 aromatic heterocycles. The topological polar surface area (TPSA) is 109 Å². The molecule has 0 radical (unpaired) electrons. The monoisotopic (exact) mass is 457 g/mol. The van der Waals surface area contributed by atoms with E-state index in [0.717, 1.165) is 11.4 Å². The number of carbonyl (C=O) groups excluding carboxylic acids is 1. The van der Waals surface area contributed by atoms with E-state index in [2.05, 4.69) is 15.1 Å². The first-order chi connectivity index (χ1) is 14.8. The fourth-order valence-corrected chi connectivity index (χ4v) is 4.16. The van der Waals surface area contributed by atoms with Gasteiger partial charge in [0.1, 0.15) is 0 Å². The molecule has 3 aromatic rings. The molecule has 1 aliphatic heterocycles. The quantitative estimate of drug-likeness (QED) is 0.644. The van der Waals surface area contributed by atoms with Crippen molar-refractivity contribution >= 4 is 33.3 Å². The number of nitrogens with zero attached hydrogens (tertiary/aromatic N) is 4. The summed E-state index contributed by atoms with van der Waals surface area (Å²) < 4.78 is 22.7. The third kappa shape index (κ3) is 4.68. The van der Waals surface area contributed by atoms with Crippen molar-refractivity contribution in [3.05, 3.63) is 71.2 Å². The Morgan fingerprint density at radius 3 is 2.16 bits per heavy atom. The van der Waals surface area contributed by atoms with E-state index >= 15 is 0 Å². The molecule has 10 heteroatoms. The van der Waals surface area contributed by atoms with Crippen LogP contribution < -0.4 is 10.0 Å². The summed E-state index contributed by atoms with van der Waals surface area (Å²) in [6, 6.07) is 16.9. The maximum Gasteiger partial charge on any atom is 0.253 e. The lowest BCUT2D eigenvalue weighted by molar-refractivity contribution is 0.0746. The highest BCUT2D eigenvalue weighted by atomic mass is 35.5. The molecular weight excluding hydrogens is 438 g/mol. The summed E-state index contributed by atoms with van der Waals surface area (Å²) in [6.45, 7) is 2.26. The van der Waals surface area contributed by atoms with Crippen LogP contribution in [0.4, 0.5) is 5.82 Å². The first-order valence-corrected chi connectivity index (χ1v) is 11.5. The van der Waals surface area contributed by atoms with Crippen molar-refractivity contribution in [2.75, 3.05) is 31.1 Å². The number of primary sulfonamides is 1. The maximum absolute atomic E-state index is 12.7. The van der Waals surface area contributed by atoms with Crippen LogP contribution in [0.3, 0.4) is 0 Å². The zero-order valence-corrected chi connectivity index (χ0v) is 18.1. The van der Waals surface area contributed by atoms with Gasteiger partial charge in [0.05, 0.1) is 15.6 Å². The van der Waals surface area contributed by atoms with Gasteiger partial charge >= 0.3 is 0 Å². The number of halogens is 1. The van der Waals surface area contributed by atoms with Gasteiger partial charge in [0, 0.05) is 37.3 Å². The lowest BCUT2D eigenvalue weighted by Gasteiger charge is -2.35. The predicted molar refractivity (Wildman–Crippen MR) is 118 cm³/mol. The third-order valence-electron chi connectivity index (χ3n) is 5.12. The number of piperazine rings is 1. The van der Waals surface area contributed by atoms with Crippen molar-refractivity contribution in [1.82, 2.24) is 15.1 Å². The molecule has 8 nitrogen and oxygen atoms in total. The van der Waals surface area contributed by atoms with E-state index in [1.165, 1.54) is 24.3 Å². The molecule has 2 N–H and O–H groups in total. The number of nitrogens with two attached hydrogens (primary N) is 1. The first-order valence-electron chi connectivity index (χ1n) is 9.59. The van der Waals surface area contributed by atoms with Crippen LogP contribution in [0.5, 0.6) is 0 Å². The molecule has 1 amide bonds. The van der Waals surface area contributed by atoms with Crippen LogP contribution in [0.1, 0.15) is 10.4 Å². The van der Waals surface area contributed by atoms with Gasteiger partial charge in [-0.2, -0.15) is 0 Å². The molecule has 31 heavy (non-hydrogen) atoms. The van der Waals surface area contributed by atoms with Crippen molar-refractivity contribution in [3.8, 4) is 11.3 Å². The summed E-state index contributed by atoms with van der Waals surface area (Å²) in [5.41, 5.74) is 1.95. The third-order valence-corrected chi connectivity index (χ3v) is 6.38. The smallest absolute Gasteiger partial charge is 0.253 e. The average Bonchev–Trinajstić information content (AvgIpc) is 2.79. The van der Waals surface area contributed by atoms with E-state index in [4.69, 9.17) is 16.7 Å². The van der Waals surface area contributed by atoms with Crippen LogP contribution in [0.25, 0.3) is 11.3 Å². The van der Waals surface area contributed by atoms with Crippen molar-refractivity contribution < 1.29 is 13.2 Å². The molecule has 1 aliphatic rings. The van der Waals surface area contributed by atoms with Gasteiger partial charge in [0.25, 0.3) is 5.91 Å². The number of hydrogen-bond donors (Lipinski definition) is 1. The zero-order valence-electron chi connectivity index (χ0n) is 16.5. The Hall–Kier alpha value is -3.01. The Kier molecular flexibility index (Phi) is 5.90. The Labute approximate surface area is 185 Å². The van der Waals surface area contributed by atoms with Gasteiger partial charge in [-0.1, -0.05) is 29.8 Å². The summed E-state index contributed by atoms with van der Waals surface area (Å²) in [4.78, 5) is 16.5. The molecule has 0 saturated carbocycles. The van der Waals surface area contributed by atoms with Gasteiger partial charge in [-0.25, -0.2) is 13.6 Å². The van der Waals surface area contributed by atoms with Gasteiger partial charge in [-0.3, -0.25) is 4.79 Å². The van der Waals surface area contributed by atoms with E-state index in [0.29, 0.717) is 42.5 Å². The summed E-state index contributed by atoms with van der Waals surface area (Å²) in [7, 11) is -3.78. The largest absolute Gasteiger partial charge is 0.352 e. The average molecular weight is 458 g/mol. The second-order valence-electron chi connectivity index (χ2n) is 7.11. The Morgan fingerprint density at radius 1 is 0.903 bits per heavy atom. The van der Waals surface area contributed by atoms with Crippen LogP contribution in [0.15, 0.2) is 65.6 Å². The van der Waals surface area contributed by atoms with Crippen molar-refractivity contribution in [1.29, 1.82) is 0 Å². The van der Waals surface area contributed by atoms with E-state index in [9.17, 15) is 13.2 Å².